The number of hydrogen-bond donors (Lipinski definition) is 2. The standard InChI is InChI=1S/C15H22N2O2/c1-12(18)10-17(14-5-3-2-4-6-14)11-15(19)16-9-13-7-8-13/h2-6,12-13,18H,7-11H2,1H3,(H,16,19)/t12-/m0/s1. The van der Waals surface area contributed by atoms with E-state index in [-0.39, 0.29) is 5.91 Å². The third-order valence-electron chi connectivity index (χ3n) is 3.23. The van der Waals surface area contributed by atoms with Crippen molar-refractivity contribution < 1.29 is 9.90 Å². The fraction of sp³-hybridized carbons (Fsp3) is 0.533. The Labute approximate surface area is 114 Å². The van der Waals surface area contributed by atoms with E-state index in [1.165, 1.54) is 12.8 Å². The largest absolute Gasteiger partial charge is 0.392 e. The van der Waals surface area contributed by atoms with Gasteiger partial charge in [-0.3, -0.25) is 4.79 Å². The Morgan fingerprint density at radius 1 is 1.42 bits per heavy atom. The van der Waals surface area contributed by atoms with Gasteiger partial charge >= 0.3 is 0 Å². The number of rotatable bonds is 7. The molecule has 1 amide bonds. The van der Waals surface area contributed by atoms with Crippen LogP contribution in [-0.4, -0.2) is 36.8 Å². The average Bonchev–Trinajstić information content (AvgIpc) is 3.20. The van der Waals surface area contributed by atoms with Crippen molar-refractivity contribution in [2.75, 3.05) is 24.5 Å². The van der Waals surface area contributed by atoms with Gasteiger partial charge in [-0.1, -0.05) is 18.2 Å². The van der Waals surface area contributed by atoms with E-state index in [9.17, 15) is 9.90 Å². The van der Waals surface area contributed by atoms with Crippen molar-refractivity contribution in [3.63, 3.8) is 0 Å². The number of aliphatic hydroxyl groups is 1. The number of para-hydroxylation sites is 1. The van der Waals surface area contributed by atoms with Gasteiger partial charge in [0.2, 0.25) is 5.91 Å². The fourth-order valence-electron chi connectivity index (χ4n) is 2.03. The summed E-state index contributed by atoms with van der Waals surface area (Å²) in [7, 11) is 0. The van der Waals surface area contributed by atoms with Crippen LogP contribution in [0.5, 0.6) is 0 Å². The first kappa shape index (κ1) is 13.9. The first-order valence-corrected chi connectivity index (χ1v) is 6.90. The highest BCUT2D eigenvalue weighted by Crippen LogP contribution is 2.27. The van der Waals surface area contributed by atoms with E-state index in [2.05, 4.69) is 5.32 Å². The maximum absolute atomic E-state index is 11.9. The quantitative estimate of drug-likeness (QED) is 0.781. The zero-order valence-electron chi connectivity index (χ0n) is 11.4. The summed E-state index contributed by atoms with van der Waals surface area (Å²) in [6, 6.07) is 9.73. The van der Waals surface area contributed by atoms with Crippen LogP contribution < -0.4 is 10.2 Å². The second kappa shape index (κ2) is 6.57. The van der Waals surface area contributed by atoms with Crippen LogP contribution in [0.25, 0.3) is 0 Å². The minimum absolute atomic E-state index is 0.0244. The van der Waals surface area contributed by atoms with Crippen LogP contribution in [0.1, 0.15) is 19.8 Å². The molecule has 4 nitrogen and oxygen atoms in total. The Balaban J connectivity index is 1.90. The minimum atomic E-state index is -0.462. The van der Waals surface area contributed by atoms with Crippen molar-refractivity contribution in [2.45, 2.75) is 25.9 Å². The normalized spacial score (nSPS) is 15.9. The van der Waals surface area contributed by atoms with Crippen molar-refractivity contribution in [3.05, 3.63) is 30.3 Å². The number of amides is 1. The predicted octanol–water partition coefficient (Wildman–Crippen LogP) is 1.40. The van der Waals surface area contributed by atoms with Crippen molar-refractivity contribution in [1.29, 1.82) is 0 Å². The molecule has 1 saturated carbocycles. The van der Waals surface area contributed by atoms with Gasteiger partial charge in [-0.15, -0.1) is 0 Å². The molecule has 0 aliphatic heterocycles. The second-order valence-corrected chi connectivity index (χ2v) is 5.31. The molecule has 0 unspecified atom stereocenters. The van der Waals surface area contributed by atoms with E-state index in [1.807, 2.05) is 35.2 Å². The summed E-state index contributed by atoms with van der Waals surface area (Å²) in [6.45, 7) is 3.27. The van der Waals surface area contributed by atoms with E-state index in [1.54, 1.807) is 6.92 Å². The smallest absolute Gasteiger partial charge is 0.239 e. The van der Waals surface area contributed by atoms with Gasteiger partial charge in [-0.25, -0.2) is 0 Å². The van der Waals surface area contributed by atoms with E-state index in [0.717, 1.165) is 12.2 Å². The van der Waals surface area contributed by atoms with Gasteiger partial charge in [0.25, 0.3) is 0 Å². The average molecular weight is 262 g/mol. The van der Waals surface area contributed by atoms with E-state index >= 15 is 0 Å². The van der Waals surface area contributed by atoms with Crippen molar-refractivity contribution >= 4 is 11.6 Å². The van der Waals surface area contributed by atoms with Gasteiger partial charge in [-0.2, -0.15) is 0 Å². The summed E-state index contributed by atoms with van der Waals surface area (Å²) in [5.41, 5.74) is 0.963. The van der Waals surface area contributed by atoms with Crippen LogP contribution in [0.4, 0.5) is 5.69 Å². The Morgan fingerprint density at radius 3 is 2.68 bits per heavy atom. The number of anilines is 1. The van der Waals surface area contributed by atoms with Crippen molar-refractivity contribution in [2.24, 2.45) is 5.92 Å². The third kappa shape index (κ3) is 4.91. The lowest BCUT2D eigenvalue weighted by Gasteiger charge is -2.25. The van der Waals surface area contributed by atoms with Gasteiger partial charge in [0.05, 0.1) is 12.6 Å². The van der Waals surface area contributed by atoms with Crippen LogP contribution in [0.3, 0.4) is 0 Å². The highest BCUT2D eigenvalue weighted by molar-refractivity contribution is 5.81. The van der Waals surface area contributed by atoms with Gasteiger partial charge in [0, 0.05) is 18.8 Å². The Bertz CT molecular complexity index is 402. The van der Waals surface area contributed by atoms with Gasteiger partial charge in [0.15, 0.2) is 0 Å². The number of nitrogens with one attached hydrogen (secondary N) is 1. The topological polar surface area (TPSA) is 52.6 Å². The van der Waals surface area contributed by atoms with Crippen molar-refractivity contribution in [3.8, 4) is 0 Å². The molecule has 1 aliphatic carbocycles. The summed E-state index contributed by atoms with van der Waals surface area (Å²) in [5.74, 6) is 0.710. The summed E-state index contributed by atoms with van der Waals surface area (Å²) in [5, 5.41) is 12.5. The number of hydrogen-bond acceptors (Lipinski definition) is 3. The zero-order valence-corrected chi connectivity index (χ0v) is 11.4. The highest BCUT2D eigenvalue weighted by Gasteiger charge is 2.22. The van der Waals surface area contributed by atoms with Crippen LogP contribution >= 0.6 is 0 Å². The maximum atomic E-state index is 11.9. The Kier molecular flexibility index (Phi) is 4.80. The molecule has 104 valence electrons. The second-order valence-electron chi connectivity index (χ2n) is 5.31. The lowest BCUT2D eigenvalue weighted by atomic mass is 10.2. The first-order chi connectivity index (χ1) is 9.15. The number of carbonyl (C=O) groups excluding carboxylic acids is 1. The zero-order chi connectivity index (χ0) is 13.7. The molecule has 2 rings (SSSR count). The number of nitrogens with zero attached hydrogens (tertiary/aromatic N) is 1. The molecule has 0 spiro atoms. The lowest BCUT2D eigenvalue weighted by Crippen LogP contribution is -2.41. The number of aliphatic hydroxyl groups excluding tert-OH is 1. The van der Waals surface area contributed by atoms with E-state index in [4.69, 9.17) is 0 Å². The summed E-state index contributed by atoms with van der Waals surface area (Å²) >= 11 is 0. The van der Waals surface area contributed by atoms with Crippen LogP contribution in [0.15, 0.2) is 30.3 Å². The fourth-order valence-corrected chi connectivity index (χ4v) is 2.03. The molecule has 19 heavy (non-hydrogen) atoms. The molecular formula is C15H22N2O2. The third-order valence-corrected chi connectivity index (χ3v) is 3.23. The molecule has 0 saturated heterocycles. The van der Waals surface area contributed by atoms with E-state index in [0.29, 0.717) is 19.0 Å². The maximum Gasteiger partial charge on any atom is 0.239 e. The molecule has 1 fully saturated rings. The first-order valence-electron chi connectivity index (χ1n) is 6.90. The molecule has 4 heteroatoms. The number of benzene rings is 1. The molecule has 1 aliphatic rings. The minimum Gasteiger partial charge on any atom is -0.392 e. The molecule has 0 aromatic heterocycles. The summed E-state index contributed by atoms with van der Waals surface area (Å²) < 4.78 is 0. The molecule has 1 atom stereocenters. The predicted molar refractivity (Wildman–Crippen MR) is 76.1 cm³/mol. The number of carbonyl (C=O) groups is 1. The lowest BCUT2D eigenvalue weighted by molar-refractivity contribution is -0.119. The van der Waals surface area contributed by atoms with Crippen LogP contribution in [0.2, 0.25) is 0 Å². The van der Waals surface area contributed by atoms with Crippen LogP contribution in [0, 0.1) is 5.92 Å². The Morgan fingerprint density at radius 2 is 2.11 bits per heavy atom. The monoisotopic (exact) mass is 262 g/mol. The SMILES string of the molecule is C[C@H](O)CN(CC(=O)NCC1CC1)c1ccccc1. The molecule has 0 bridgehead atoms. The molecule has 2 N–H and O–H groups in total. The van der Waals surface area contributed by atoms with Crippen LogP contribution in [-0.2, 0) is 4.79 Å². The highest BCUT2D eigenvalue weighted by atomic mass is 16.3. The Hall–Kier alpha value is -1.55. The van der Waals surface area contributed by atoms with E-state index < -0.39 is 6.10 Å². The molecule has 1 aromatic carbocycles. The summed E-state index contributed by atoms with van der Waals surface area (Å²) in [4.78, 5) is 13.8. The summed E-state index contributed by atoms with van der Waals surface area (Å²) in [6.07, 6.45) is 2.00. The van der Waals surface area contributed by atoms with Gasteiger partial charge in [0.1, 0.15) is 0 Å². The molecule has 1 aromatic rings. The van der Waals surface area contributed by atoms with Gasteiger partial charge < -0.3 is 15.3 Å². The van der Waals surface area contributed by atoms with Crippen molar-refractivity contribution in [1.82, 2.24) is 5.32 Å². The molecular weight excluding hydrogens is 240 g/mol. The van der Waals surface area contributed by atoms with Gasteiger partial charge in [-0.05, 0) is 37.8 Å². The molecule has 0 heterocycles. The molecule has 0 radical (unpaired) electrons.